The molecule has 0 saturated heterocycles. The van der Waals surface area contributed by atoms with Crippen molar-refractivity contribution in [2.45, 2.75) is 76.7 Å². The highest BCUT2D eigenvalue weighted by Crippen LogP contribution is 2.10. The molecule has 0 aliphatic heterocycles. The van der Waals surface area contributed by atoms with E-state index in [1.807, 2.05) is 0 Å². The Morgan fingerprint density at radius 1 is 0.906 bits per heavy atom. The zero-order valence-electron chi connectivity index (χ0n) is 19.7. The first-order valence-corrected chi connectivity index (χ1v) is 11.9. The molecule has 0 radical (unpaired) electrons. The number of carbonyl (C=O) groups excluding carboxylic acids is 3. The quantitative estimate of drug-likeness (QED) is 0.115. The van der Waals surface area contributed by atoms with Gasteiger partial charge >= 0.3 is 5.97 Å². The van der Waals surface area contributed by atoms with Gasteiger partial charge in [-0.2, -0.15) is 0 Å². The van der Waals surface area contributed by atoms with Crippen LogP contribution in [0.1, 0.15) is 70.6 Å². The molecule has 0 aromatic heterocycles. The number of hydrogen-bond donors (Lipinski definition) is 4. The molecule has 186 valence electrons. The minimum Gasteiger partial charge on any atom is -0.461 e. The van der Waals surface area contributed by atoms with E-state index in [-0.39, 0.29) is 30.8 Å². The Bertz CT molecular complexity index is 525. The van der Waals surface area contributed by atoms with Crippen LogP contribution in [0, 0.1) is 0 Å². The maximum Gasteiger partial charge on any atom is 0.306 e. The van der Waals surface area contributed by atoms with Crippen LogP contribution in [-0.2, 0) is 19.1 Å². The summed E-state index contributed by atoms with van der Waals surface area (Å²) in [6.07, 6.45) is 11.0. The van der Waals surface area contributed by atoms with Gasteiger partial charge in [-0.15, -0.1) is 0 Å². The van der Waals surface area contributed by atoms with Crippen LogP contribution >= 0.6 is 0 Å². The van der Waals surface area contributed by atoms with Crippen molar-refractivity contribution in [2.24, 2.45) is 17.2 Å². The van der Waals surface area contributed by atoms with Crippen LogP contribution in [0.5, 0.6) is 0 Å². The van der Waals surface area contributed by atoms with Crippen molar-refractivity contribution in [2.75, 3.05) is 39.3 Å². The maximum atomic E-state index is 12.2. The molecule has 1 atom stereocenters. The van der Waals surface area contributed by atoms with Crippen molar-refractivity contribution < 1.29 is 19.1 Å². The summed E-state index contributed by atoms with van der Waals surface area (Å²) in [5.74, 6) is -0.441. The lowest BCUT2D eigenvalue weighted by Crippen LogP contribution is -2.43. The highest BCUT2D eigenvalue weighted by atomic mass is 16.5. The summed E-state index contributed by atoms with van der Waals surface area (Å²) in [4.78, 5) is 37.2. The molecule has 0 aromatic rings. The Labute approximate surface area is 193 Å². The summed E-state index contributed by atoms with van der Waals surface area (Å²) in [5, 5.41) is 2.85. The standard InChI is InChI=1S/C23H45N5O4/c1-2-19-32-22(30)11-9-7-5-3-4-6-8-10-16-27-23(31)20(26)12-13-21(29)28(17-14-24)18-15-25/h2,20H,1,3-19,24-26H2,(H,27,31)/t20-/m0/s1. The van der Waals surface area contributed by atoms with E-state index in [2.05, 4.69) is 11.9 Å². The van der Waals surface area contributed by atoms with Crippen LogP contribution in [0.25, 0.3) is 0 Å². The average Bonchev–Trinajstić information content (AvgIpc) is 2.78. The number of ether oxygens (including phenoxy) is 1. The molecule has 2 amide bonds. The van der Waals surface area contributed by atoms with E-state index in [4.69, 9.17) is 21.9 Å². The predicted molar refractivity (Wildman–Crippen MR) is 128 cm³/mol. The Morgan fingerprint density at radius 2 is 1.47 bits per heavy atom. The van der Waals surface area contributed by atoms with E-state index in [1.54, 1.807) is 11.0 Å². The number of nitrogens with one attached hydrogen (secondary N) is 1. The summed E-state index contributed by atoms with van der Waals surface area (Å²) in [6.45, 7) is 6.08. The monoisotopic (exact) mass is 455 g/mol. The van der Waals surface area contributed by atoms with E-state index >= 15 is 0 Å². The molecule has 0 spiro atoms. The second kappa shape index (κ2) is 20.9. The van der Waals surface area contributed by atoms with Crippen LogP contribution in [-0.4, -0.2) is 68.1 Å². The lowest BCUT2D eigenvalue weighted by molar-refractivity contribution is -0.142. The highest BCUT2D eigenvalue weighted by molar-refractivity contribution is 5.83. The number of nitrogens with two attached hydrogens (primary N) is 3. The molecule has 0 rings (SSSR count). The van der Waals surface area contributed by atoms with Crippen molar-refractivity contribution in [1.82, 2.24) is 10.2 Å². The average molecular weight is 456 g/mol. The zero-order chi connectivity index (χ0) is 24.0. The molecule has 0 fully saturated rings. The van der Waals surface area contributed by atoms with Crippen LogP contribution in [0.4, 0.5) is 0 Å². The highest BCUT2D eigenvalue weighted by Gasteiger charge is 2.17. The fourth-order valence-electron chi connectivity index (χ4n) is 3.26. The van der Waals surface area contributed by atoms with Crippen LogP contribution in [0.2, 0.25) is 0 Å². The Hall–Kier alpha value is -1.97. The van der Waals surface area contributed by atoms with E-state index in [1.165, 1.54) is 0 Å². The number of amides is 2. The summed E-state index contributed by atoms with van der Waals surface area (Å²) in [6, 6.07) is -0.689. The van der Waals surface area contributed by atoms with Crippen molar-refractivity contribution >= 4 is 17.8 Å². The lowest BCUT2D eigenvalue weighted by Gasteiger charge is -2.22. The molecular formula is C23H45N5O4. The molecule has 9 heteroatoms. The molecule has 0 aromatic carbocycles. The van der Waals surface area contributed by atoms with Crippen LogP contribution in [0.15, 0.2) is 12.7 Å². The SMILES string of the molecule is C=CCOC(=O)CCCCCCCCCCNC(=O)[C@@H](N)CCC(=O)N(CCN)CCN. The number of nitrogens with zero attached hydrogens (tertiary/aromatic N) is 1. The number of esters is 1. The van der Waals surface area contributed by atoms with Gasteiger partial charge in [-0.25, -0.2) is 0 Å². The smallest absolute Gasteiger partial charge is 0.306 e. The van der Waals surface area contributed by atoms with Crippen LogP contribution in [0.3, 0.4) is 0 Å². The van der Waals surface area contributed by atoms with Crippen LogP contribution < -0.4 is 22.5 Å². The number of unbranched alkanes of at least 4 members (excludes halogenated alkanes) is 7. The van der Waals surface area contributed by atoms with Gasteiger partial charge in [0.15, 0.2) is 0 Å². The minimum atomic E-state index is -0.689. The Kier molecular flexibility index (Phi) is 19.6. The van der Waals surface area contributed by atoms with Gasteiger partial charge < -0.3 is 32.2 Å². The number of rotatable bonds is 21. The normalized spacial score (nSPS) is 11.6. The number of hydrogen-bond acceptors (Lipinski definition) is 7. The first-order valence-electron chi connectivity index (χ1n) is 11.9. The summed E-state index contributed by atoms with van der Waals surface area (Å²) in [5.41, 5.74) is 16.9. The fraction of sp³-hybridized carbons (Fsp3) is 0.783. The minimum absolute atomic E-state index is 0.0724. The second-order valence-electron chi connectivity index (χ2n) is 7.94. The predicted octanol–water partition coefficient (Wildman–Crippen LogP) is 1.20. The van der Waals surface area contributed by atoms with Gasteiger partial charge in [0.2, 0.25) is 11.8 Å². The summed E-state index contributed by atoms with van der Waals surface area (Å²) in [7, 11) is 0. The summed E-state index contributed by atoms with van der Waals surface area (Å²) < 4.78 is 4.94. The third kappa shape index (κ3) is 16.7. The molecule has 0 saturated carbocycles. The maximum absolute atomic E-state index is 12.2. The van der Waals surface area contributed by atoms with E-state index < -0.39 is 6.04 Å². The van der Waals surface area contributed by atoms with Gasteiger partial charge in [-0.1, -0.05) is 51.2 Å². The van der Waals surface area contributed by atoms with Gasteiger partial charge in [0.25, 0.3) is 0 Å². The van der Waals surface area contributed by atoms with Gasteiger partial charge in [0.05, 0.1) is 6.04 Å². The molecule has 0 aliphatic carbocycles. The third-order valence-corrected chi connectivity index (χ3v) is 5.13. The van der Waals surface area contributed by atoms with Gasteiger partial charge in [-0.05, 0) is 19.3 Å². The molecule has 0 aliphatic rings. The van der Waals surface area contributed by atoms with E-state index in [0.29, 0.717) is 45.6 Å². The molecule has 0 heterocycles. The molecular weight excluding hydrogens is 410 g/mol. The largest absolute Gasteiger partial charge is 0.461 e. The van der Waals surface area contributed by atoms with Gasteiger partial charge in [0.1, 0.15) is 6.61 Å². The molecule has 7 N–H and O–H groups in total. The van der Waals surface area contributed by atoms with Gasteiger partial charge in [0, 0.05) is 45.6 Å². The topological polar surface area (TPSA) is 154 Å². The summed E-state index contributed by atoms with van der Waals surface area (Å²) >= 11 is 0. The van der Waals surface area contributed by atoms with Crippen molar-refractivity contribution in [3.05, 3.63) is 12.7 Å². The molecule has 32 heavy (non-hydrogen) atoms. The second-order valence-corrected chi connectivity index (χ2v) is 7.94. The van der Waals surface area contributed by atoms with Crippen molar-refractivity contribution in [3.8, 4) is 0 Å². The third-order valence-electron chi connectivity index (χ3n) is 5.13. The van der Waals surface area contributed by atoms with Crippen molar-refractivity contribution in [3.63, 3.8) is 0 Å². The van der Waals surface area contributed by atoms with Gasteiger partial charge in [-0.3, -0.25) is 14.4 Å². The lowest BCUT2D eigenvalue weighted by atomic mass is 10.1. The Morgan fingerprint density at radius 3 is 2.03 bits per heavy atom. The number of carbonyl (C=O) groups is 3. The molecule has 0 bridgehead atoms. The molecule has 9 nitrogen and oxygen atoms in total. The zero-order valence-corrected chi connectivity index (χ0v) is 19.7. The van der Waals surface area contributed by atoms with E-state index in [0.717, 1.165) is 51.4 Å². The Balaban J connectivity index is 3.65. The first-order chi connectivity index (χ1) is 15.5. The molecule has 0 unspecified atom stereocenters. The first kappa shape index (κ1) is 30.0. The fourth-order valence-corrected chi connectivity index (χ4v) is 3.26. The van der Waals surface area contributed by atoms with E-state index in [9.17, 15) is 14.4 Å². The van der Waals surface area contributed by atoms with Crippen molar-refractivity contribution in [1.29, 1.82) is 0 Å².